The highest BCUT2D eigenvalue weighted by Gasteiger charge is 2.50. The van der Waals surface area contributed by atoms with E-state index >= 15 is 0 Å². The monoisotopic (exact) mass is 772 g/mol. The fourth-order valence-corrected chi connectivity index (χ4v) is 10.9. The van der Waals surface area contributed by atoms with Crippen LogP contribution in [0.3, 0.4) is 0 Å². The lowest BCUT2D eigenvalue weighted by atomic mass is 9.67. The van der Waals surface area contributed by atoms with E-state index in [9.17, 15) is 0 Å². The Morgan fingerprint density at radius 1 is 0.373 bits per heavy atom. The van der Waals surface area contributed by atoms with Crippen molar-refractivity contribution in [1.82, 2.24) is 0 Å². The molecule has 278 valence electrons. The van der Waals surface area contributed by atoms with Gasteiger partial charge >= 0.3 is 0 Å². The van der Waals surface area contributed by atoms with Crippen molar-refractivity contribution in [2.24, 2.45) is 0 Å². The zero-order chi connectivity index (χ0) is 38.9. The van der Waals surface area contributed by atoms with E-state index in [2.05, 4.69) is 228 Å². The van der Waals surface area contributed by atoms with E-state index in [1.807, 2.05) is 11.8 Å². The topological polar surface area (TPSA) is 19.6 Å². The maximum Gasteiger partial charge on any atom is 0.159 e. The van der Waals surface area contributed by atoms with Crippen molar-refractivity contribution in [2.75, 3.05) is 9.80 Å². The van der Waals surface area contributed by atoms with Crippen molar-refractivity contribution in [3.63, 3.8) is 0 Å². The molecule has 0 N–H and O–H groups in total. The summed E-state index contributed by atoms with van der Waals surface area (Å²) in [6, 6.07) is 78.9. The van der Waals surface area contributed by atoms with Gasteiger partial charge in [0.15, 0.2) is 5.58 Å². The molecule has 2 aliphatic rings. The lowest BCUT2D eigenvalue weighted by molar-refractivity contribution is 0.669. The van der Waals surface area contributed by atoms with E-state index in [0.717, 1.165) is 56.1 Å². The van der Waals surface area contributed by atoms with Crippen LogP contribution < -0.4 is 9.80 Å². The Bertz CT molecular complexity index is 3130. The van der Waals surface area contributed by atoms with Crippen molar-refractivity contribution in [3.8, 4) is 11.1 Å². The van der Waals surface area contributed by atoms with Crippen molar-refractivity contribution >= 4 is 67.8 Å². The van der Waals surface area contributed by atoms with Gasteiger partial charge in [-0.15, -0.1) is 0 Å². The third kappa shape index (κ3) is 5.03. The Balaban J connectivity index is 1.11. The van der Waals surface area contributed by atoms with E-state index in [0.29, 0.717) is 0 Å². The van der Waals surface area contributed by atoms with Gasteiger partial charge in [-0.2, -0.15) is 0 Å². The van der Waals surface area contributed by atoms with Gasteiger partial charge in [0.05, 0.1) is 22.2 Å². The molecule has 4 heteroatoms. The highest BCUT2D eigenvalue weighted by molar-refractivity contribution is 7.99. The van der Waals surface area contributed by atoms with Crippen LogP contribution in [0.1, 0.15) is 22.3 Å². The predicted octanol–water partition coefficient (Wildman–Crippen LogP) is 15.4. The van der Waals surface area contributed by atoms with Crippen molar-refractivity contribution in [2.45, 2.75) is 15.2 Å². The first-order valence-corrected chi connectivity index (χ1v) is 20.9. The summed E-state index contributed by atoms with van der Waals surface area (Å²) in [5, 5.41) is 2.13. The van der Waals surface area contributed by atoms with Crippen molar-refractivity contribution in [1.29, 1.82) is 0 Å². The molecule has 0 saturated heterocycles. The fraction of sp³-hybridized carbons (Fsp3) is 0.0182. The van der Waals surface area contributed by atoms with Crippen LogP contribution in [-0.2, 0) is 5.41 Å². The normalized spacial score (nSPS) is 13.2. The molecule has 1 spiro atoms. The summed E-state index contributed by atoms with van der Waals surface area (Å²) < 4.78 is 7.04. The van der Waals surface area contributed by atoms with Crippen LogP contribution in [-0.4, -0.2) is 0 Å². The first-order valence-electron chi connectivity index (χ1n) is 20.1. The van der Waals surface area contributed by atoms with Gasteiger partial charge in [0.1, 0.15) is 5.58 Å². The molecule has 9 aromatic carbocycles. The maximum atomic E-state index is 7.04. The van der Waals surface area contributed by atoms with Crippen LogP contribution in [0, 0.1) is 0 Å². The number of fused-ring (bicyclic) bond motifs is 12. The summed E-state index contributed by atoms with van der Waals surface area (Å²) in [7, 11) is 0. The quantitative estimate of drug-likeness (QED) is 0.168. The zero-order valence-corrected chi connectivity index (χ0v) is 32.8. The molecule has 0 bridgehead atoms. The molecule has 1 aromatic heterocycles. The third-order valence-corrected chi connectivity index (χ3v) is 13.2. The van der Waals surface area contributed by atoms with Gasteiger partial charge < -0.3 is 14.2 Å². The molecule has 0 amide bonds. The SMILES string of the molecule is c1ccc(N(c2ccc3c(c2)C2(c4ccccc4S3)c3ccccc3-c3ccccc32)c2cccc3c2oc2cccc(N(c4ccccc4)c4ccccc4)c23)cc1. The van der Waals surface area contributed by atoms with Crippen LogP contribution in [0.25, 0.3) is 33.1 Å². The summed E-state index contributed by atoms with van der Waals surface area (Å²) >= 11 is 1.87. The summed E-state index contributed by atoms with van der Waals surface area (Å²) in [5.41, 5.74) is 15.4. The standard InChI is InChI=1S/C55H36N2OS/c1-4-18-37(19-5-1)56(38-20-6-2-7-21-38)48-30-17-32-50-53(48)43-26-16-31-49(54(43)58-50)57(39-22-8-3-9-23-39)40-34-35-52-47(36-40)55(46-29-14-15-33-51(46)59-52)44-27-12-10-24-41(44)42-25-11-13-28-45(42)55/h1-36H. The molecule has 1 aliphatic carbocycles. The largest absolute Gasteiger partial charge is 0.454 e. The highest BCUT2D eigenvalue weighted by atomic mass is 32.2. The minimum absolute atomic E-state index is 0.485. The molecule has 1 aliphatic heterocycles. The highest BCUT2D eigenvalue weighted by Crippen LogP contribution is 2.63. The van der Waals surface area contributed by atoms with Crippen LogP contribution in [0.15, 0.2) is 233 Å². The van der Waals surface area contributed by atoms with Gasteiger partial charge in [-0.05, 0) is 112 Å². The van der Waals surface area contributed by atoms with Gasteiger partial charge in [0, 0.05) is 37.9 Å². The second-order valence-electron chi connectivity index (χ2n) is 15.2. The lowest BCUT2D eigenvalue weighted by Gasteiger charge is -2.40. The van der Waals surface area contributed by atoms with Crippen LogP contribution >= 0.6 is 11.8 Å². The Morgan fingerprint density at radius 2 is 0.881 bits per heavy atom. The van der Waals surface area contributed by atoms with Gasteiger partial charge in [0.2, 0.25) is 0 Å². The Hall–Kier alpha value is -7.27. The molecule has 0 radical (unpaired) electrons. The number of hydrogen-bond donors (Lipinski definition) is 0. The molecule has 2 heterocycles. The van der Waals surface area contributed by atoms with E-state index in [-0.39, 0.29) is 0 Å². The molecule has 59 heavy (non-hydrogen) atoms. The molecular weight excluding hydrogens is 737 g/mol. The van der Waals surface area contributed by atoms with Gasteiger partial charge in [-0.1, -0.05) is 151 Å². The summed E-state index contributed by atoms with van der Waals surface area (Å²) in [6.45, 7) is 0. The van der Waals surface area contributed by atoms with Gasteiger partial charge in [0.25, 0.3) is 0 Å². The Labute approximate surface area is 347 Å². The Morgan fingerprint density at radius 3 is 1.53 bits per heavy atom. The molecule has 10 aromatic rings. The van der Waals surface area contributed by atoms with Crippen molar-refractivity contribution in [3.05, 3.63) is 241 Å². The zero-order valence-electron chi connectivity index (χ0n) is 32.0. The van der Waals surface area contributed by atoms with Crippen LogP contribution in [0.5, 0.6) is 0 Å². The molecule has 3 nitrogen and oxygen atoms in total. The lowest BCUT2D eigenvalue weighted by Crippen LogP contribution is -2.32. The summed E-state index contributed by atoms with van der Waals surface area (Å²) in [5.74, 6) is 0. The molecule has 0 atom stereocenters. The first-order chi connectivity index (χ1) is 29.3. The van der Waals surface area contributed by atoms with Crippen LogP contribution in [0.2, 0.25) is 0 Å². The second-order valence-corrected chi connectivity index (χ2v) is 16.3. The number of hydrogen-bond acceptors (Lipinski definition) is 4. The maximum absolute atomic E-state index is 7.04. The second kappa shape index (κ2) is 13.4. The van der Waals surface area contributed by atoms with Crippen LogP contribution in [0.4, 0.5) is 34.1 Å². The minimum Gasteiger partial charge on any atom is -0.454 e. The molecule has 0 unspecified atom stereocenters. The van der Waals surface area contributed by atoms with E-state index < -0.39 is 5.41 Å². The molecule has 0 fully saturated rings. The fourth-order valence-electron chi connectivity index (χ4n) is 9.75. The number of anilines is 6. The predicted molar refractivity (Wildman–Crippen MR) is 245 cm³/mol. The number of para-hydroxylation sites is 4. The molecular formula is C55H36N2OS. The number of furan rings is 1. The average Bonchev–Trinajstić information content (AvgIpc) is 3.83. The van der Waals surface area contributed by atoms with E-state index in [1.165, 1.54) is 43.2 Å². The van der Waals surface area contributed by atoms with Crippen molar-refractivity contribution < 1.29 is 4.42 Å². The number of nitrogens with zero attached hydrogens (tertiary/aromatic N) is 2. The smallest absolute Gasteiger partial charge is 0.159 e. The number of rotatable bonds is 6. The number of benzene rings is 9. The average molecular weight is 773 g/mol. The Kier molecular flexibility index (Phi) is 7.69. The summed E-state index contributed by atoms with van der Waals surface area (Å²) in [6.07, 6.45) is 0. The van der Waals surface area contributed by atoms with Gasteiger partial charge in [-0.3, -0.25) is 0 Å². The molecule has 0 saturated carbocycles. The minimum atomic E-state index is -0.485. The third-order valence-electron chi connectivity index (χ3n) is 12.1. The molecule has 12 rings (SSSR count). The first kappa shape index (κ1) is 33.8. The van der Waals surface area contributed by atoms with E-state index in [1.54, 1.807) is 0 Å². The summed E-state index contributed by atoms with van der Waals surface area (Å²) in [4.78, 5) is 7.26. The van der Waals surface area contributed by atoms with Gasteiger partial charge in [-0.25, -0.2) is 0 Å². The van der Waals surface area contributed by atoms with E-state index in [4.69, 9.17) is 4.42 Å².